The SMILES string of the molecule is CNCc1ccccc1OCCCC(C)(C)C#N. The van der Waals surface area contributed by atoms with E-state index in [1.54, 1.807) is 0 Å². The third-order valence-corrected chi connectivity index (χ3v) is 2.85. The predicted octanol–water partition coefficient (Wildman–Crippen LogP) is 3.11. The van der Waals surface area contributed by atoms with Crippen LogP contribution in [-0.2, 0) is 6.54 Å². The van der Waals surface area contributed by atoms with Gasteiger partial charge in [-0.25, -0.2) is 0 Å². The molecular weight excluding hydrogens is 224 g/mol. The highest BCUT2D eigenvalue weighted by Gasteiger charge is 2.15. The Balaban J connectivity index is 2.42. The van der Waals surface area contributed by atoms with E-state index in [4.69, 9.17) is 10.00 Å². The summed E-state index contributed by atoms with van der Waals surface area (Å²) in [6, 6.07) is 10.3. The number of nitrogens with zero attached hydrogens (tertiary/aromatic N) is 1. The van der Waals surface area contributed by atoms with E-state index in [1.165, 1.54) is 5.56 Å². The molecule has 0 heterocycles. The Morgan fingerprint density at radius 2 is 2.06 bits per heavy atom. The van der Waals surface area contributed by atoms with Gasteiger partial charge in [-0.15, -0.1) is 0 Å². The number of nitriles is 1. The van der Waals surface area contributed by atoms with E-state index in [0.29, 0.717) is 6.61 Å². The molecule has 0 spiro atoms. The molecule has 0 aliphatic carbocycles. The maximum absolute atomic E-state index is 8.93. The Kier molecular flexibility index (Phi) is 5.67. The fraction of sp³-hybridized carbons (Fsp3) is 0.533. The molecule has 0 saturated heterocycles. The zero-order valence-corrected chi connectivity index (χ0v) is 11.5. The highest BCUT2D eigenvalue weighted by Crippen LogP contribution is 2.22. The van der Waals surface area contributed by atoms with Crippen molar-refractivity contribution in [1.82, 2.24) is 5.32 Å². The van der Waals surface area contributed by atoms with Crippen molar-refractivity contribution in [2.75, 3.05) is 13.7 Å². The maximum Gasteiger partial charge on any atom is 0.123 e. The van der Waals surface area contributed by atoms with Gasteiger partial charge in [-0.1, -0.05) is 18.2 Å². The lowest BCUT2D eigenvalue weighted by molar-refractivity contribution is 0.281. The average Bonchev–Trinajstić information content (AvgIpc) is 2.37. The number of rotatable bonds is 7. The summed E-state index contributed by atoms with van der Waals surface area (Å²) in [4.78, 5) is 0. The van der Waals surface area contributed by atoms with Crippen LogP contribution in [0.15, 0.2) is 24.3 Å². The van der Waals surface area contributed by atoms with Gasteiger partial charge in [0.2, 0.25) is 0 Å². The molecule has 0 aromatic heterocycles. The molecule has 0 atom stereocenters. The van der Waals surface area contributed by atoms with E-state index in [2.05, 4.69) is 17.5 Å². The lowest BCUT2D eigenvalue weighted by Gasteiger charge is -2.15. The van der Waals surface area contributed by atoms with Gasteiger partial charge in [-0.05, 0) is 39.8 Å². The molecule has 1 aromatic rings. The van der Waals surface area contributed by atoms with Crippen LogP contribution in [0, 0.1) is 16.7 Å². The summed E-state index contributed by atoms with van der Waals surface area (Å²) in [6.07, 6.45) is 1.76. The summed E-state index contributed by atoms with van der Waals surface area (Å²) in [7, 11) is 1.92. The summed E-state index contributed by atoms with van der Waals surface area (Å²) in [6.45, 7) is 5.38. The normalized spacial score (nSPS) is 11.0. The van der Waals surface area contributed by atoms with Crippen LogP contribution in [0.25, 0.3) is 0 Å². The molecule has 18 heavy (non-hydrogen) atoms. The minimum Gasteiger partial charge on any atom is -0.493 e. The molecule has 1 rings (SSSR count). The molecule has 3 heteroatoms. The van der Waals surface area contributed by atoms with Gasteiger partial charge in [0.05, 0.1) is 18.1 Å². The van der Waals surface area contributed by atoms with Crippen molar-refractivity contribution in [3.63, 3.8) is 0 Å². The minimum absolute atomic E-state index is 0.256. The summed E-state index contributed by atoms with van der Waals surface area (Å²) in [5.74, 6) is 0.932. The van der Waals surface area contributed by atoms with Gasteiger partial charge in [-0.3, -0.25) is 0 Å². The lowest BCUT2D eigenvalue weighted by Crippen LogP contribution is -2.11. The van der Waals surface area contributed by atoms with Gasteiger partial charge in [0.1, 0.15) is 5.75 Å². The summed E-state index contributed by atoms with van der Waals surface area (Å²) >= 11 is 0. The fourth-order valence-corrected chi connectivity index (χ4v) is 1.73. The Hall–Kier alpha value is -1.53. The zero-order chi connectivity index (χ0) is 13.4. The second-order valence-corrected chi connectivity index (χ2v) is 5.09. The molecule has 0 saturated carbocycles. The zero-order valence-electron chi connectivity index (χ0n) is 11.5. The first-order valence-corrected chi connectivity index (χ1v) is 6.35. The van der Waals surface area contributed by atoms with Gasteiger partial charge in [0.15, 0.2) is 0 Å². The van der Waals surface area contributed by atoms with Gasteiger partial charge in [-0.2, -0.15) is 5.26 Å². The summed E-state index contributed by atoms with van der Waals surface area (Å²) in [5.41, 5.74) is 0.910. The number of hydrogen-bond donors (Lipinski definition) is 1. The first kappa shape index (κ1) is 14.5. The predicted molar refractivity (Wildman–Crippen MR) is 73.3 cm³/mol. The van der Waals surface area contributed by atoms with Crippen LogP contribution in [0.1, 0.15) is 32.3 Å². The molecule has 0 bridgehead atoms. The molecule has 98 valence electrons. The maximum atomic E-state index is 8.93. The van der Waals surface area contributed by atoms with E-state index in [9.17, 15) is 0 Å². The average molecular weight is 246 g/mol. The molecule has 0 aliphatic rings. The second kappa shape index (κ2) is 7.03. The highest BCUT2D eigenvalue weighted by atomic mass is 16.5. The topological polar surface area (TPSA) is 45.0 Å². The third kappa shape index (κ3) is 4.77. The molecule has 0 aliphatic heterocycles. The van der Waals surface area contributed by atoms with Crippen molar-refractivity contribution in [2.24, 2.45) is 5.41 Å². The van der Waals surface area contributed by atoms with Gasteiger partial charge in [0, 0.05) is 12.1 Å². The van der Waals surface area contributed by atoms with E-state index in [0.717, 1.165) is 25.1 Å². The molecule has 0 radical (unpaired) electrons. The third-order valence-electron chi connectivity index (χ3n) is 2.85. The van der Waals surface area contributed by atoms with E-state index < -0.39 is 0 Å². The van der Waals surface area contributed by atoms with Crippen LogP contribution in [0.2, 0.25) is 0 Å². The molecule has 0 fully saturated rings. The van der Waals surface area contributed by atoms with Crippen LogP contribution in [0.4, 0.5) is 0 Å². The second-order valence-electron chi connectivity index (χ2n) is 5.09. The first-order valence-electron chi connectivity index (χ1n) is 6.35. The van der Waals surface area contributed by atoms with E-state index in [-0.39, 0.29) is 5.41 Å². The Morgan fingerprint density at radius 1 is 1.33 bits per heavy atom. The molecule has 3 nitrogen and oxygen atoms in total. The molecule has 0 amide bonds. The van der Waals surface area contributed by atoms with Crippen molar-refractivity contribution < 1.29 is 4.74 Å². The molecule has 0 unspecified atom stereocenters. The van der Waals surface area contributed by atoms with Crippen LogP contribution < -0.4 is 10.1 Å². The largest absolute Gasteiger partial charge is 0.493 e. The smallest absolute Gasteiger partial charge is 0.123 e. The number of nitrogens with one attached hydrogen (secondary N) is 1. The van der Waals surface area contributed by atoms with Crippen molar-refractivity contribution in [3.8, 4) is 11.8 Å². The molecule has 1 aromatic carbocycles. The van der Waals surface area contributed by atoms with E-state index >= 15 is 0 Å². The van der Waals surface area contributed by atoms with E-state index in [1.807, 2.05) is 39.1 Å². The van der Waals surface area contributed by atoms with Gasteiger partial charge in [0.25, 0.3) is 0 Å². The standard InChI is InChI=1S/C15H22N2O/c1-15(2,12-16)9-6-10-18-14-8-5-4-7-13(14)11-17-3/h4-5,7-8,17H,6,9-11H2,1-3H3. The van der Waals surface area contributed by atoms with Crippen molar-refractivity contribution in [2.45, 2.75) is 33.2 Å². The van der Waals surface area contributed by atoms with Crippen molar-refractivity contribution in [3.05, 3.63) is 29.8 Å². The number of para-hydroxylation sites is 1. The van der Waals surface area contributed by atoms with Crippen molar-refractivity contribution >= 4 is 0 Å². The summed E-state index contributed by atoms with van der Waals surface area (Å²) < 4.78 is 5.78. The molecular formula is C15H22N2O. The van der Waals surface area contributed by atoms with Crippen LogP contribution >= 0.6 is 0 Å². The number of ether oxygens (including phenoxy) is 1. The van der Waals surface area contributed by atoms with Crippen LogP contribution in [-0.4, -0.2) is 13.7 Å². The lowest BCUT2D eigenvalue weighted by atomic mass is 9.90. The van der Waals surface area contributed by atoms with Crippen LogP contribution in [0.5, 0.6) is 5.75 Å². The number of hydrogen-bond acceptors (Lipinski definition) is 3. The fourth-order valence-electron chi connectivity index (χ4n) is 1.73. The van der Waals surface area contributed by atoms with Gasteiger partial charge >= 0.3 is 0 Å². The van der Waals surface area contributed by atoms with Crippen molar-refractivity contribution in [1.29, 1.82) is 5.26 Å². The minimum atomic E-state index is -0.256. The Morgan fingerprint density at radius 3 is 2.72 bits per heavy atom. The Bertz CT molecular complexity index is 407. The number of benzene rings is 1. The van der Waals surface area contributed by atoms with Crippen LogP contribution in [0.3, 0.4) is 0 Å². The quantitative estimate of drug-likeness (QED) is 0.752. The summed E-state index contributed by atoms with van der Waals surface area (Å²) in [5, 5.41) is 12.1. The monoisotopic (exact) mass is 246 g/mol. The first-order chi connectivity index (χ1) is 8.59. The van der Waals surface area contributed by atoms with Gasteiger partial charge < -0.3 is 10.1 Å². The Labute approximate surface area is 110 Å². The molecule has 1 N–H and O–H groups in total. The highest BCUT2D eigenvalue weighted by molar-refractivity contribution is 5.33.